The van der Waals surface area contributed by atoms with E-state index >= 15 is 0 Å². The number of fused-ring (bicyclic) bond motifs is 1. The molecule has 35 heavy (non-hydrogen) atoms. The van der Waals surface area contributed by atoms with Crippen LogP contribution in [0.4, 0.5) is 5.69 Å². The minimum Gasteiger partial charge on any atom is -0.378 e. The first-order chi connectivity index (χ1) is 16.6. The molecule has 2 saturated heterocycles. The van der Waals surface area contributed by atoms with Gasteiger partial charge in [-0.15, -0.1) is 0 Å². The number of nitrogens with zero attached hydrogens (tertiary/aromatic N) is 3. The van der Waals surface area contributed by atoms with E-state index in [2.05, 4.69) is 19.2 Å². The zero-order valence-electron chi connectivity index (χ0n) is 21.5. The molecule has 0 bridgehead atoms. The summed E-state index contributed by atoms with van der Waals surface area (Å²) in [4.78, 5) is 58.1. The van der Waals surface area contributed by atoms with Crippen LogP contribution in [0.25, 0.3) is 0 Å². The second kappa shape index (κ2) is 9.63. The molecule has 0 spiro atoms. The number of ketones is 1. The van der Waals surface area contributed by atoms with Gasteiger partial charge in [0, 0.05) is 38.3 Å². The molecule has 1 aliphatic carbocycles. The Bertz CT molecular complexity index is 1000. The standard InChI is InChI=1S/C27H38N4O4/c1-6-7-8-23(33)31-16-22(32)24-21(31)13-14-30(24)26(35)27(15-20(27)17(2)3)28-25(34)18-9-11-19(12-10-18)29(4)5/h9-12,17,20-21,24H,6-8,13-16H2,1-5H3,(H,28,34)/t20?,21-,24+,27?/m1/s1. The summed E-state index contributed by atoms with van der Waals surface area (Å²) >= 11 is 0. The lowest BCUT2D eigenvalue weighted by Gasteiger charge is -2.30. The maximum atomic E-state index is 13.9. The summed E-state index contributed by atoms with van der Waals surface area (Å²) in [5.74, 6) is -0.321. The van der Waals surface area contributed by atoms with Crippen molar-refractivity contribution in [2.24, 2.45) is 11.8 Å². The number of benzene rings is 1. The molecular formula is C27H38N4O4. The topological polar surface area (TPSA) is 90.0 Å². The SMILES string of the molecule is CCCCC(=O)N1CC(=O)[C@@H]2[C@H]1CCN2C(=O)C1(NC(=O)c2ccc(N(C)C)cc2)CC1C(C)C. The van der Waals surface area contributed by atoms with E-state index in [4.69, 9.17) is 0 Å². The van der Waals surface area contributed by atoms with E-state index in [9.17, 15) is 19.2 Å². The number of unbranched alkanes of at least 4 members (excludes halogenated alkanes) is 1. The molecule has 3 fully saturated rings. The average molecular weight is 483 g/mol. The highest BCUT2D eigenvalue weighted by Crippen LogP contribution is 2.51. The maximum absolute atomic E-state index is 13.9. The molecule has 1 saturated carbocycles. The quantitative estimate of drug-likeness (QED) is 0.615. The number of hydrogen-bond acceptors (Lipinski definition) is 5. The van der Waals surface area contributed by atoms with E-state index in [0.29, 0.717) is 31.4 Å². The highest BCUT2D eigenvalue weighted by molar-refractivity contribution is 6.04. The van der Waals surface area contributed by atoms with Gasteiger partial charge in [0.1, 0.15) is 11.6 Å². The highest BCUT2D eigenvalue weighted by atomic mass is 16.2. The first-order valence-electron chi connectivity index (χ1n) is 12.8. The van der Waals surface area contributed by atoms with Crippen molar-refractivity contribution in [1.29, 1.82) is 0 Å². The van der Waals surface area contributed by atoms with E-state index in [1.165, 1.54) is 0 Å². The fourth-order valence-corrected chi connectivity index (χ4v) is 5.82. The predicted molar refractivity (Wildman–Crippen MR) is 134 cm³/mol. The third kappa shape index (κ3) is 4.55. The van der Waals surface area contributed by atoms with Crippen molar-refractivity contribution < 1.29 is 19.2 Å². The Morgan fingerprint density at radius 1 is 1.14 bits per heavy atom. The summed E-state index contributed by atoms with van der Waals surface area (Å²) in [6, 6.07) is 6.43. The molecule has 2 aliphatic heterocycles. The molecule has 8 heteroatoms. The van der Waals surface area contributed by atoms with Gasteiger partial charge in [-0.25, -0.2) is 0 Å². The molecule has 8 nitrogen and oxygen atoms in total. The van der Waals surface area contributed by atoms with Crippen molar-refractivity contribution in [3.63, 3.8) is 0 Å². The summed E-state index contributed by atoms with van der Waals surface area (Å²) in [7, 11) is 3.87. The third-order valence-corrected chi connectivity index (χ3v) is 7.93. The third-order valence-electron chi connectivity index (χ3n) is 7.93. The van der Waals surface area contributed by atoms with Gasteiger partial charge in [0.15, 0.2) is 5.78 Å². The number of hydrogen-bond donors (Lipinski definition) is 1. The summed E-state index contributed by atoms with van der Waals surface area (Å²) in [5, 5.41) is 3.06. The fraction of sp³-hybridized carbons (Fsp3) is 0.630. The van der Waals surface area contributed by atoms with Crippen LogP contribution in [0.2, 0.25) is 0 Å². The van der Waals surface area contributed by atoms with Crippen molar-refractivity contribution in [2.45, 2.75) is 70.5 Å². The molecule has 2 heterocycles. The van der Waals surface area contributed by atoms with Crippen molar-refractivity contribution in [3.8, 4) is 0 Å². The number of amides is 3. The largest absolute Gasteiger partial charge is 0.378 e. The number of rotatable bonds is 8. The van der Waals surface area contributed by atoms with Crippen molar-refractivity contribution in [2.75, 3.05) is 32.1 Å². The first kappa shape index (κ1) is 25.2. The predicted octanol–water partition coefficient (Wildman–Crippen LogP) is 2.47. The van der Waals surface area contributed by atoms with Gasteiger partial charge in [0.05, 0.1) is 12.6 Å². The van der Waals surface area contributed by atoms with Gasteiger partial charge in [-0.2, -0.15) is 0 Å². The Kier molecular flexibility index (Phi) is 6.93. The molecule has 190 valence electrons. The summed E-state index contributed by atoms with van der Waals surface area (Å²) in [6.07, 6.45) is 3.31. The van der Waals surface area contributed by atoms with E-state index in [1.54, 1.807) is 21.9 Å². The Balaban J connectivity index is 1.52. The number of carbonyl (C=O) groups excluding carboxylic acids is 4. The zero-order valence-corrected chi connectivity index (χ0v) is 21.5. The molecule has 4 rings (SSSR count). The van der Waals surface area contributed by atoms with Crippen LogP contribution in [0.5, 0.6) is 0 Å². The molecule has 1 N–H and O–H groups in total. The number of anilines is 1. The molecule has 1 aromatic carbocycles. The molecule has 4 atom stereocenters. The molecule has 0 radical (unpaired) electrons. The minimum absolute atomic E-state index is 0.00216. The Morgan fingerprint density at radius 2 is 1.83 bits per heavy atom. The second-order valence-corrected chi connectivity index (χ2v) is 10.8. The summed E-state index contributed by atoms with van der Waals surface area (Å²) < 4.78 is 0. The van der Waals surface area contributed by atoms with Gasteiger partial charge in [0.25, 0.3) is 5.91 Å². The lowest BCUT2D eigenvalue weighted by Crippen LogP contribution is -2.55. The Labute approximate surface area is 208 Å². The highest BCUT2D eigenvalue weighted by Gasteiger charge is 2.65. The Hall–Kier alpha value is -2.90. The number of nitrogens with one attached hydrogen (secondary N) is 1. The van der Waals surface area contributed by atoms with Gasteiger partial charge in [0.2, 0.25) is 11.8 Å². The molecular weight excluding hydrogens is 444 g/mol. The lowest BCUT2D eigenvalue weighted by molar-refractivity contribution is -0.139. The van der Waals surface area contributed by atoms with Crippen LogP contribution in [0.1, 0.15) is 63.2 Å². The number of carbonyl (C=O) groups is 4. The van der Waals surface area contributed by atoms with Gasteiger partial charge in [-0.3, -0.25) is 19.2 Å². The van der Waals surface area contributed by atoms with Crippen LogP contribution in [-0.4, -0.2) is 78.1 Å². The lowest BCUT2D eigenvalue weighted by atomic mass is 10.0. The normalized spacial score (nSPS) is 27.3. The fourth-order valence-electron chi connectivity index (χ4n) is 5.82. The number of Topliss-reactive ketones (excluding diaryl/α,β-unsaturated/α-hetero) is 1. The van der Waals surface area contributed by atoms with E-state index in [1.807, 2.05) is 38.1 Å². The Morgan fingerprint density at radius 3 is 2.40 bits per heavy atom. The van der Waals surface area contributed by atoms with Gasteiger partial charge >= 0.3 is 0 Å². The maximum Gasteiger partial charge on any atom is 0.252 e. The second-order valence-electron chi connectivity index (χ2n) is 10.8. The van der Waals surface area contributed by atoms with E-state index < -0.39 is 11.6 Å². The van der Waals surface area contributed by atoms with Gasteiger partial charge in [-0.05, 0) is 55.4 Å². The van der Waals surface area contributed by atoms with Crippen LogP contribution in [0.15, 0.2) is 24.3 Å². The van der Waals surface area contributed by atoms with Gasteiger partial charge in [-0.1, -0.05) is 27.2 Å². The smallest absolute Gasteiger partial charge is 0.252 e. The monoisotopic (exact) mass is 482 g/mol. The van der Waals surface area contributed by atoms with Crippen molar-refractivity contribution >= 4 is 29.2 Å². The molecule has 3 amide bonds. The van der Waals surface area contributed by atoms with Crippen LogP contribution in [0, 0.1) is 11.8 Å². The first-order valence-corrected chi connectivity index (χ1v) is 12.8. The van der Waals surface area contributed by atoms with E-state index in [0.717, 1.165) is 18.5 Å². The van der Waals surface area contributed by atoms with Crippen LogP contribution >= 0.6 is 0 Å². The molecule has 2 unspecified atom stereocenters. The molecule has 0 aromatic heterocycles. The summed E-state index contributed by atoms with van der Waals surface area (Å²) in [5.41, 5.74) is 0.487. The van der Waals surface area contributed by atoms with Crippen LogP contribution in [-0.2, 0) is 14.4 Å². The van der Waals surface area contributed by atoms with Crippen molar-refractivity contribution in [1.82, 2.24) is 15.1 Å². The zero-order chi connectivity index (χ0) is 25.5. The molecule has 3 aliphatic rings. The van der Waals surface area contributed by atoms with Crippen LogP contribution in [0.3, 0.4) is 0 Å². The summed E-state index contributed by atoms with van der Waals surface area (Å²) in [6.45, 7) is 6.65. The van der Waals surface area contributed by atoms with Crippen LogP contribution < -0.4 is 10.2 Å². The van der Waals surface area contributed by atoms with Gasteiger partial charge < -0.3 is 20.0 Å². The molecule has 1 aromatic rings. The average Bonchev–Trinajstić information content (AvgIpc) is 3.24. The minimum atomic E-state index is -1.000. The van der Waals surface area contributed by atoms with Crippen molar-refractivity contribution in [3.05, 3.63) is 29.8 Å². The number of likely N-dealkylation sites (tertiary alicyclic amines) is 2. The van der Waals surface area contributed by atoms with E-state index in [-0.39, 0.29) is 47.9 Å².